The third kappa shape index (κ3) is 2.75. The highest BCUT2D eigenvalue weighted by atomic mass is 32.1. The number of nitrogens with one attached hydrogen (secondary N) is 1. The number of aliphatic carboxylic acids is 1. The molecule has 2 heterocycles. The number of thiophene rings is 1. The summed E-state index contributed by atoms with van der Waals surface area (Å²) in [6, 6.07) is 1.24. The van der Waals surface area contributed by atoms with E-state index in [1.165, 1.54) is 11.3 Å². The molecule has 2 atom stereocenters. The van der Waals surface area contributed by atoms with Crippen molar-refractivity contribution < 1.29 is 24.2 Å². The normalized spacial score (nSPS) is 25.4. The van der Waals surface area contributed by atoms with Crippen LogP contribution in [0.2, 0.25) is 0 Å². The number of rotatable bonds is 4. The van der Waals surface area contributed by atoms with E-state index in [2.05, 4.69) is 5.32 Å². The molecule has 7 nitrogen and oxygen atoms in total. The molecule has 2 amide bonds. The monoisotopic (exact) mass is 352 g/mol. The fourth-order valence-corrected chi connectivity index (χ4v) is 4.51. The summed E-state index contributed by atoms with van der Waals surface area (Å²) in [7, 11) is 0. The lowest BCUT2D eigenvalue weighted by Gasteiger charge is -2.23. The van der Waals surface area contributed by atoms with Crippen molar-refractivity contribution in [3.05, 3.63) is 17.0 Å². The van der Waals surface area contributed by atoms with Crippen LogP contribution in [0.1, 0.15) is 36.5 Å². The molecule has 2 aliphatic rings. The lowest BCUT2D eigenvalue weighted by molar-refractivity contribution is -0.149. The van der Waals surface area contributed by atoms with Gasteiger partial charge >= 0.3 is 18.0 Å². The van der Waals surface area contributed by atoms with Gasteiger partial charge in [-0.3, -0.25) is 10.1 Å². The van der Waals surface area contributed by atoms with E-state index in [1.54, 1.807) is 23.3 Å². The van der Waals surface area contributed by atoms with Crippen LogP contribution >= 0.6 is 11.3 Å². The molecule has 3 rings (SSSR count). The van der Waals surface area contributed by atoms with Crippen molar-refractivity contribution in [1.82, 2.24) is 4.90 Å². The van der Waals surface area contributed by atoms with Gasteiger partial charge in [0.1, 0.15) is 5.00 Å². The van der Waals surface area contributed by atoms with Gasteiger partial charge in [0, 0.05) is 13.1 Å². The Morgan fingerprint density at radius 2 is 2.29 bits per heavy atom. The average Bonchev–Trinajstić information content (AvgIpc) is 3.20. The lowest BCUT2D eigenvalue weighted by Crippen LogP contribution is -2.38. The number of esters is 1. The van der Waals surface area contributed by atoms with Crippen molar-refractivity contribution in [2.75, 3.05) is 25.0 Å². The molecular weight excluding hydrogens is 332 g/mol. The molecule has 2 fully saturated rings. The molecule has 1 saturated carbocycles. The number of carboxylic acid groups (broad SMARTS) is 1. The number of nitrogens with zero attached hydrogens (tertiary/aromatic N) is 1. The minimum absolute atomic E-state index is 0.00797. The molecule has 0 unspecified atom stereocenters. The second-order valence-electron chi connectivity index (χ2n) is 6.24. The van der Waals surface area contributed by atoms with Gasteiger partial charge in [0.2, 0.25) is 0 Å². The fraction of sp³-hybridized carbons (Fsp3) is 0.562. The number of likely N-dealkylation sites (tertiary alicyclic amines) is 1. The Hall–Kier alpha value is -2.09. The Morgan fingerprint density at radius 1 is 1.50 bits per heavy atom. The molecule has 1 aliphatic heterocycles. The maximum Gasteiger partial charge on any atom is 0.341 e. The van der Waals surface area contributed by atoms with Gasteiger partial charge in [-0.15, -0.1) is 11.3 Å². The quantitative estimate of drug-likeness (QED) is 0.812. The van der Waals surface area contributed by atoms with E-state index in [0.29, 0.717) is 23.5 Å². The number of hydrogen-bond donors (Lipinski definition) is 2. The van der Waals surface area contributed by atoms with E-state index in [9.17, 15) is 19.5 Å². The second-order valence-corrected chi connectivity index (χ2v) is 7.16. The van der Waals surface area contributed by atoms with Gasteiger partial charge in [-0.1, -0.05) is 6.42 Å². The van der Waals surface area contributed by atoms with Gasteiger partial charge in [-0.05, 0) is 37.1 Å². The smallest absolute Gasteiger partial charge is 0.341 e. The molecule has 1 aliphatic carbocycles. The summed E-state index contributed by atoms with van der Waals surface area (Å²) in [5.74, 6) is -1.29. The molecule has 2 N–H and O–H groups in total. The Labute approximate surface area is 143 Å². The van der Waals surface area contributed by atoms with Crippen molar-refractivity contribution in [1.29, 1.82) is 0 Å². The summed E-state index contributed by atoms with van der Waals surface area (Å²) >= 11 is 1.24. The molecule has 1 aromatic rings. The molecule has 0 bridgehead atoms. The largest absolute Gasteiger partial charge is 0.481 e. The first-order valence-electron chi connectivity index (χ1n) is 8.02. The van der Waals surface area contributed by atoms with Crippen LogP contribution in [-0.4, -0.2) is 47.7 Å². The van der Waals surface area contributed by atoms with E-state index in [0.717, 1.165) is 12.8 Å². The minimum Gasteiger partial charge on any atom is -0.481 e. The number of amides is 2. The van der Waals surface area contributed by atoms with Gasteiger partial charge in [-0.2, -0.15) is 0 Å². The van der Waals surface area contributed by atoms with Crippen molar-refractivity contribution in [2.45, 2.75) is 26.2 Å². The van der Waals surface area contributed by atoms with Crippen LogP contribution in [0.3, 0.4) is 0 Å². The number of fused-ring (bicyclic) bond motifs is 1. The Kier molecular flexibility index (Phi) is 4.49. The molecule has 0 aromatic carbocycles. The van der Waals surface area contributed by atoms with Crippen LogP contribution < -0.4 is 5.32 Å². The molecule has 0 radical (unpaired) electrons. The highest BCUT2D eigenvalue weighted by Crippen LogP contribution is 2.49. The molecule has 8 heteroatoms. The summed E-state index contributed by atoms with van der Waals surface area (Å²) in [6.45, 7) is 2.64. The van der Waals surface area contributed by atoms with Crippen molar-refractivity contribution >= 4 is 34.3 Å². The third-order valence-electron chi connectivity index (χ3n) is 4.96. The van der Waals surface area contributed by atoms with Crippen LogP contribution in [-0.2, 0) is 9.53 Å². The highest BCUT2D eigenvalue weighted by molar-refractivity contribution is 7.14. The maximum absolute atomic E-state index is 12.5. The first kappa shape index (κ1) is 16.8. The number of hydrogen-bond acceptors (Lipinski definition) is 5. The summed E-state index contributed by atoms with van der Waals surface area (Å²) in [6.07, 6.45) is 2.34. The Bertz CT molecular complexity index is 673. The van der Waals surface area contributed by atoms with Crippen molar-refractivity contribution in [3.63, 3.8) is 0 Å². The average molecular weight is 352 g/mol. The van der Waals surface area contributed by atoms with E-state index in [1.807, 2.05) is 0 Å². The first-order valence-corrected chi connectivity index (χ1v) is 8.90. The zero-order valence-electron chi connectivity index (χ0n) is 13.4. The minimum atomic E-state index is -0.816. The van der Waals surface area contributed by atoms with Crippen LogP contribution in [0, 0.1) is 11.3 Å². The lowest BCUT2D eigenvalue weighted by atomic mass is 9.81. The van der Waals surface area contributed by atoms with Crippen LogP contribution in [0.25, 0.3) is 0 Å². The number of anilines is 1. The van der Waals surface area contributed by atoms with Crippen molar-refractivity contribution in [2.24, 2.45) is 11.3 Å². The first-order chi connectivity index (χ1) is 11.5. The van der Waals surface area contributed by atoms with E-state index < -0.39 is 17.4 Å². The Morgan fingerprint density at radius 3 is 2.96 bits per heavy atom. The summed E-state index contributed by atoms with van der Waals surface area (Å²) < 4.78 is 4.97. The number of carbonyl (C=O) groups is 3. The maximum atomic E-state index is 12.5. The predicted octanol–water partition coefficient (Wildman–Crippen LogP) is 2.64. The zero-order valence-corrected chi connectivity index (χ0v) is 14.2. The van der Waals surface area contributed by atoms with Gasteiger partial charge in [-0.25, -0.2) is 9.59 Å². The fourth-order valence-electron chi connectivity index (χ4n) is 3.75. The molecular formula is C16H20N2O5S. The van der Waals surface area contributed by atoms with Gasteiger partial charge < -0.3 is 14.7 Å². The van der Waals surface area contributed by atoms with Crippen molar-refractivity contribution in [3.8, 4) is 0 Å². The number of carbonyl (C=O) groups excluding carboxylic acids is 2. The highest BCUT2D eigenvalue weighted by Gasteiger charge is 2.55. The number of carboxylic acids is 1. The van der Waals surface area contributed by atoms with E-state index in [-0.39, 0.29) is 25.1 Å². The van der Waals surface area contributed by atoms with E-state index >= 15 is 0 Å². The predicted molar refractivity (Wildman–Crippen MR) is 88.3 cm³/mol. The number of urea groups is 1. The molecule has 1 saturated heterocycles. The van der Waals surface area contributed by atoms with Crippen LogP contribution in [0.15, 0.2) is 11.4 Å². The summed E-state index contributed by atoms with van der Waals surface area (Å²) in [5.41, 5.74) is -0.487. The van der Waals surface area contributed by atoms with Crippen LogP contribution in [0.4, 0.5) is 9.80 Å². The topological polar surface area (TPSA) is 95.9 Å². The zero-order chi connectivity index (χ0) is 17.3. The molecule has 130 valence electrons. The molecule has 1 aromatic heterocycles. The van der Waals surface area contributed by atoms with Crippen LogP contribution in [0.5, 0.6) is 0 Å². The summed E-state index contributed by atoms with van der Waals surface area (Å²) in [5, 5.41) is 14.5. The third-order valence-corrected chi connectivity index (χ3v) is 5.79. The molecule has 0 spiro atoms. The second kappa shape index (κ2) is 6.43. The number of ether oxygens (including phenoxy) is 1. The standard InChI is InChI=1S/C16H20N2O5S/c1-2-23-13(19)11-5-7-24-12(11)17-15(22)18-8-10-4-3-6-16(10,9-18)14(20)21/h5,7,10H,2-4,6,8-9H2,1H3,(H,17,22)(H,20,21)/t10-,16+/m0/s1. The van der Waals surface area contributed by atoms with Gasteiger partial charge in [0.25, 0.3) is 0 Å². The SMILES string of the molecule is CCOC(=O)c1ccsc1NC(=O)N1C[C@@H]2CCC[C@@]2(C(=O)O)C1. The molecule has 24 heavy (non-hydrogen) atoms. The van der Waals surface area contributed by atoms with E-state index in [4.69, 9.17) is 4.74 Å². The summed E-state index contributed by atoms with van der Waals surface area (Å²) in [4.78, 5) is 37.6. The van der Waals surface area contributed by atoms with Gasteiger partial charge in [0.15, 0.2) is 0 Å². The van der Waals surface area contributed by atoms with Gasteiger partial charge in [0.05, 0.1) is 17.6 Å². The Balaban J connectivity index is 1.70.